The van der Waals surface area contributed by atoms with E-state index >= 15 is 0 Å². The van der Waals surface area contributed by atoms with Crippen molar-refractivity contribution in [3.8, 4) is 5.75 Å². The van der Waals surface area contributed by atoms with E-state index in [4.69, 9.17) is 10.3 Å². The molecule has 2 rings (SSSR count). The number of hydrogen-bond donors (Lipinski definition) is 3. The maximum Gasteiger partial charge on any atom is 1.00 e. The van der Waals surface area contributed by atoms with Crippen molar-refractivity contribution >= 4 is 36.7 Å². The monoisotopic (exact) mass is 357 g/mol. The van der Waals surface area contributed by atoms with Crippen LogP contribution in [0.3, 0.4) is 0 Å². The second-order valence-corrected chi connectivity index (χ2v) is 6.65. The summed E-state index contributed by atoms with van der Waals surface area (Å²) in [6.45, 7) is 0. The van der Waals surface area contributed by atoms with E-state index in [1.165, 1.54) is 12.1 Å². The number of hydrogen-bond acceptors (Lipinski definition) is 7. The Morgan fingerprint density at radius 1 is 1.10 bits per heavy atom. The average molecular weight is 357 g/mol. The normalized spacial score (nSPS) is 12.1. The summed E-state index contributed by atoms with van der Waals surface area (Å²) in [7, 11) is -9.90. The Labute approximate surface area is 162 Å². The molecule has 0 fully saturated rings. The molecule has 0 radical (unpaired) electrons. The first kappa shape index (κ1) is 18.8. The molecule has 0 unspecified atom stereocenters. The molecule has 0 aliphatic carbocycles. The quantitative estimate of drug-likeness (QED) is 0.297. The van der Waals surface area contributed by atoms with Crippen LogP contribution in [0.15, 0.2) is 34.1 Å². The van der Waals surface area contributed by atoms with Crippen molar-refractivity contribution in [1.29, 1.82) is 0 Å². The molecule has 0 aliphatic heterocycles. The molecule has 0 atom stereocenters. The maximum absolute atomic E-state index is 11.2. The van der Waals surface area contributed by atoms with Crippen LogP contribution in [-0.4, -0.2) is 31.0 Å². The Morgan fingerprint density at radius 2 is 1.67 bits per heavy atom. The van der Waals surface area contributed by atoms with Crippen LogP contribution >= 0.6 is 0 Å². The maximum atomic E-state index is 11.2. The summed E-state index contributed by atoms with van der Waals surface area (Å²) < 4.78 is 65.0. The largest absolute Gasteiger partial charge is 1.00 e. The van der Waals surface area contributed by atoms with Crippen molar-refractivity contribution in [3.05, 3.63) is 24.3 Å². The summed E-state index contributed by atoms with van der Waals surface area (Å²) in [6.07, 6.45) is 0. The van der Waals surface area contributed by atoms with Crippen LogP contribution < -0.4 is 57.1 Å². The standard InChI is InChI=1S/C10H9NO7S2.K/c11-10-8(20(16,17)18)4-7(19(13,14)15)5-2-1-3-6(12)9(5)10;/h1-4,12H,11H2,(H,13,14,15)(H,16,17,18);/q;+1/p-1. The van der Waals surface area contributed by atoms with Gasteiger partial charge in [-0.15, -0.1) is 0 Å². The number of fused-ring (bicyclic) bond motifs is 1. The van der Waals surface area contributed by atoms with E-state index in [1.807, 2.05) is 0 Å². The van der Waals surface area contributed by atoms with Crippen LogP contribution in [0.4, 0.5) is 5.69 Å². The first-order chi connectivity index (χ1) is 9.03. The first-order valence-electron chi connectivity index (χ1n) is 5.01. The van der Waals surface area contributed by atoms with Gasteiger partial charge in [-0.3, -0.25) is 4.55 Å². The van der Waals surface area contributed by atoms with Gasteiger partial charge in [0.2, 0.25) is 0 Å². The van der Waals surface area contributed by atoms with Crippen LogP contribution in [-0.2, 0) is 20.2 Å². The van der Waals surface area contributed by atoms with Crippen LogP contribution in [0.5, 0.6) is 5.75 Å². The zero-order valence-corrected chi connectivity index (χ0v) is 15.4. The number of phenolic OH excluding ortho intramolecular Hbond substituents is 1. The summed E-state index contributed by atoms with van der Waals surface area (Å²) in [6, 6.07) is 4.05. The smallest absolute Gasteiger partial charge is 0.744 e. The Balaban J connectivity index is 0.00000220. The molecule has 11 heteroatoms. The molecule has 0 saturated heterocycles. The Bertz CT molecular complexity index is 922. The second-order valence-electron chi connectivity index (χ2n) is 3.92. The molecule has 2 aromatic carbocycles. The van der Waals surface area contributed by atoms with Crippen LogP contribution in [0.2, 0.25) is 0 Å². The topological polar surface area (TPSA) is 158 Å². The number of aromatic hydroxyl groups is 1. The molecule has 0 saturated carbocycles. The predicted molar refractivity (Wildman–Crippen MR) is 67.8 cm³/mol. The van der Waals surface area contributed by atoms with E-state index < -0.39 is 41.5 Å². The summed E-state index contributed by atoms with van der Waals surface area (Å²) >= 11 is 0. The zero-order valence-electron chi connectivity index (χ0n) is 10.6. The van der Waals surface area contributed by atoms with Gasteiger partial charge in [-0.25, -0.2) is 8.42 Å². The Hall–Kier alpha value is -0.244. The van der Waals surface area contributed by atoms with Gasteiger partial charge in [0.15, 0.2) is 0 Å². The van der Waals surface area contributed by atoms with Gasteiger partial charge in [0, 0.05) is 10.8 Å². The minimum absolute atomic E-state index is 0. The van der Waals surface area contributed by atoms with Crippen molar-refractivity contribution < 1.29 is 82.4 Å². The fourth-order valence-corrected chi connectivity index (χ4v) is 3.27. The van der Waals surface area contributed by atoms with Gasteiger partial charge in [-0.05, 0) is 12.1 Å². The molecule has 21 heavy (non-hydrogen) atoms. The fourth-order valence-electron chi connectivity index (χ4n) is 1.85. The molecule has 0 aromatic heterocycles. The average Bonchev–Trinajstić information content (AvgIpc) is 2.25. The second kappa shape index (κ2) is 6.10. The molecule has 0 spiro atoms. The first-order valence-corrected chi connectivity index (χ1v) is 7.86. The van der Waals surface area contributed by atoms with Crippen LogP contribution in [0.25, 0.3) is 10.8 Å². The van der Waals surface area contributed by atoms with Gasteiger partial charge in [-0.2, -0.15) is 8.42 Å². The van der Waals surface area contributed by atoms with Gasteiger partial charge >= 0.3 is 51.4 Å². The van der Waals surface area contributed by atoms with E-state index in [2.05, 4.69) is 0 Å². The SMILES string of the molecule is Nc1c(S(=O)(=O)O)cc(S(=O)(=O)[O-])c2cccc(O)c12.[K+]. The van der Waals surface area contributed by atoms with E-state index in [9.17, 15) is 26.5 Å². The van der Waals surface area contributed by atoms with Crippen molar-refractivity contribution in [2.24, 2.45) is 0 Å². The molecule has 0 amide bonds. The van der Waals surface area contributed by atoms with E-state index in [0.29, 0.717) is 6.07 Å². The zero-order chi connectivity index (χ0) is 15.3. The summed E-state index contributed by atoms with van der Waals surface area (Å²) in [4.78, 5) is -1.86. The van der Waals surface area contributed by atoms with Gasteiger partial charge in [0.05, 0.1) is 10.6 Å². The minimum Gasteiger partial charge on any atom is -0.744 e. The molecular formula is C10H8KNO7S2. The molecule has 2 aromatic rings. The van der Waals surface area contributed by atoms with Gasteiger partial charge < -0.3 is 15.4 Å². The number of nitrogen functional groups attached to an aromatic ring is 1. The Kier molecular flexibility index (Phi) is 5.46. The number of anilines is 1. The molecule has 0 bridgehead atoms. The molecule has 0 aliphatic rings. The van der Waals surface area contributed by atoms with Gasteiger partial charge in [0.1, 0.15) is 20.8 Å². The predicted octanol–water partition coefficient (Wildman–Crippen LogP) is -2.72. The third-order valence-electron chi connectivity index (χ3n) is 2.65. The van der Waals surface area contributed by atoms with Crippen LogP contribution in [0, 0.1) is 0 Å². The van der Waals surface area contributed by atoms with Crippen molar-refractivity contribution in [2.45, 2.75) is 9.79 Å². The molecular weight excluding hydrogens is 349 g/mol. The van der Waals surface area contributed by atoms with E-state index in [0.717, 1.165) is 6.07 Å². The number of benzene rings is 2. The van der Waals surface area contributed by atoms with E-state index in [1.54, 1.807) is 0 Å². The minimum atomic E-state index is -5.04. The summed E-state index contributed by atoms with van der Waals surface area (Å²) in [5.41, 5.74) is 4.97. The van der Waals surface area contributed by atoms with Crippen molar-refractivity contribution in [2.75, 3.05) is 5.73 Å². The summed E-state index contributed by atoms with van der Waals surface area (Å²) in [5, 5.41) is 9.11. The molecule has 108 valence electrons. The third-order valence-corrected chi connectivity index (χ3v) is 4.42. The fraction of sp³-hybridized carbons (Fsp3) is 0. The molecule has 4 N–H and O–H groups in total. The number of rotatable bonds is 2. The Morgan fingerprint density at radius 3 is 2.14 bits per heavy atom. The number of nitrogens with two attached hydrogens (primary N) is 1. The third kappa shape index (κ3) is 3.57. The van der Waals surface area contributed by atoms with Gasteiger partial charge in [-0.1, -0.05) is 12.1 Å². The molecule has 0 heterocycles. The van der Waals surface area contributed by atoms with E-state index in [-0.39, 0.29) is 62.2 Å². The number of phenols is 1. The van der Waals surface area contributed by atoms with Crippen molar-refractivity contribution in [1.82, 2.24) is 0 Å². The van der Waals surface area contributed by atoms with Crippen molar-refractivity contribution in [3.63, 3.8) is 0 Å². The summed E-state index contributed by atoms with van der Waals surface area (Å²) in [5.74, 6) is -0.518. The molecule has 8 nitrogen and oxygen atoms in total. The van der Waals surface area contributed by atoms with Gasteiger partial charge in [0.25, 0.3) is 10.1 Å². The van der Waals surface area contributed by atoms with Crippen LogP contribution in [0.1, 0.15) is 0 Å².